The summed E-state index contributed by atoms with van der Waals surface area (Å²) in [5.41, 5.74) is 0.307. The normalized spacial score (nSPS) is 11.3. The van der Waals surface area contributed by atoms with Gasteiger partial charge in [0.1, 0.15) is 14.5 Å². The number of hydrogen-bond acceptors (Lipinski definition) is 4. The van der Waals surface area contributed by atoms with Gasteiger partial charge in [-0.15, -0.1) is 0 Å². The molecule has 0 saturated carbocycles. The lowest BCUT2D eigenvalue weighted by Crippen LogP contribution is -2.16. The van der Waals surface area contributed by atoms with Crippen molar-refractivity contribution in [3.63, 3.8) is 0 Å². The average Bonchev–Trinajstić information content (AvgIpc) is 2.36. The molecular formula is C11H9BrClN3O3S. The second-order valence-electron chi connectivity index (χ2n) is 3.88. The smallest absolute Gasteiger partial charge is 0.266 e. The predicted octanol–water partition coefficient (Wildman–Crippen LogP) is 2.30. The molecule has 2 N–H and O–H groups in total. The maximum absolute atomic E-state index is 12.2. The summed E-state index contributed by atoms with van der Waals surface area (Å²) < 4.78 is 27.3. The molecule has 20 heavy (non-hydrogen) atoms. The maximum Gasteiger partial charge on any atom is 0.266 e. The Labute approximate surface area is 128 Å². The van der Waals surface area contributed by atoms with E-state index in [-0.39, 0.29) is 9.92 Å². The van der Waals surface area contributed by atoms with Crippen LogP contribution in [0.15, 0.2) is 38.7 Å². The molecule has 0 aliphatic heterocycles. The fourth-order valence-electron chi connectivity index (χ4n) is 1.43. The Bertz CT molecular complexity index is 820. The summed E-state index contributed by atoms with van der Waals surface area (Å²) in [4.78, 5) is 17.3. The summed E-state index contributed by atoms with van der Waals surface area (Å²) in [6.45, 7) is 1.67. The number of rotatable bonds is 3. The zero-order valence-electron chi connectivity index (χ0n) is 10.1. The molecular weight excluding hydrogens is 370 g/mol. The van der Waals surface area contributed by atoms with Crippen LogP contribution in [0.5, 0.6) is 0 Å². The van der Waals surface area contributed by atoms with E-state index in [9.17, 15) is 13.2 Å². The molecule has 6 nitrogen and oxygen atoms in total. The molecule has 2 heterocycles. The van der Waals surface area contributed by atoms with Crippen LogP contribution in [0, 0.1) is 6.92 Å². The van der Waals surface area contributed by atoms with Gasteiger partial charge in [0.2, 0.25) is 0 Å². The molecule has 0 fully saturated rings. The lowest BCUT2D eigenvalue weighted by Gasteiger charge is -2.10. The molecule has 0 amide bonds. The van der Waals surface area contributed by atoms with Crippen molar-refractivity contribution in [3.05, 3.63) is 50.1 Å². The minimum atomic E-state index is -3.85. The molecule has 0 bridgehead atoms. The number of aromatic nitrogens is 2. The zero-order chi connectivity index (χ0) is 14.9. The maximum atomic E-state index is 12.2. The first-order chi connectivity index (χ1) is 9.29. The third kappa shape index (κ3) is 3.20. The highest BCUT2D eigenvalue weighted by Crippen LogP contribution is 2.20. The monoisotopic (exact) mass is 377 g/mol. The fourth-order valence-corrected chi connectivity index (χ4v) is 3.18. The van der Waals surface area contributed by atoms with Crippen LogP contribution >= 0.6 is 27.5 Å². The molecule has 0 spiro atoms. The molecule has 9 heteroatoms. The van der Waals surface area contributed by atoms with E-state index in [2.05, 4.69) is 30.6 Å². The quantitative estimate of drug-likeness (QED) is 0.802. The van der Waals surface area contributed by atoms with Gasteiger partial charge in [0.15, 0.2) is 0 Å². The molecule has 0 aliphatic carbocycles. The van der Waals surface area contributed by atoms with Crippen molar-refractivity contribution in [2.24, 2.45) is 0 Å². The van der Waals surface area contributed by atoms with E-state index >= 15 is 0 Å². The lowest BCUT2D eigenvalue weighted by atomic mass is 10.3. The number of aromatic amines is 1. The number of hydrogen-bond donors (Lipinski definition) is 2. The number of nitrogens with one attached hydrogen (secondary N) is 2. The second-order valence-corrected chi connectivity index (χ2v) is 6.79. The summed E-state index contributed by atoms with van der Waals surface area (Å²) in [6, 6.07) is 4.28. The number of anilines is 1. The summed E-state index contributed by atoms with van der Waals surface area (Å²) in [7, 11) is -3.85. The van der Waals surface area contributed by atoms with Gasteiger partial charge in [-0.3, -0.25) is 9.52 Å². The van der Waals surface area contributed by atoms with Crippen molar-refractivity contribution in [1.82, 2.24) is 9.97 Å². The second kappa shape index (κ2) is 5.55. The van der Waals surface area contributed by atoms with Gasteiger partial charge < -0.3 is 4.98 Å². The van der Waals surface area contributed by atoms with Gasteiger partial charge in [0, 0.05) is 6.20 Å². The first-order valence-electron chi connectivity index (χ1n) is 5.34. The molecule has 0 saturated heterocycles. The standard InChI is InChI=1S/C11H9BrClN3O3S/c1-6-9(2-3-10(12)15-6)16-20(18,19)7-4-8(13)11(17)14-5-7/h2-5,16H,1H3,(H,14,17). The van der Waals surface area contributed by atoms with E-state index in [4.69, 9.17) is 11.6 Å². The number of aryl methyl sites for hydroxylation is 1. The number of pyridine rings is 2. The van der Waals surface area contributed by atoms with Gasteiger partial charge in [-0.1, -0.05) is 11.6 Å². The summed E-state index contributed by atoms with van der Waals surface area (Å²) >= 11 is 8.81. The van der Waals surface area contributed by atoms with Gasteiger partial charge >= 0.3 is 0 Å². The summed E-state index contributed by atoms with van der Waals surface area (Å²) in [6.07, 6.45) is 1.08. The Balaban J connectivity index is 2.40. The number of H-pyrrole nitrogens is 1. The molecule has 0 radical (unpaired) electrons. The molecule has 0 atom stereocenters. The molecule has 2 aromatic heterocycles. The van der Waals surface area contributed by atoms with Crippen molar-refractivity contribution >= 4 is 43.2 Å². The SMILES string of the molecule is Cc1nc(Br)ccc1NS(=O)(=O)c1c[nH]c(=O)c(Cl)c1. The van der Waals surface area contributed by atoms with Gasteiger partial charge in [0.25, 0.3) is 15.6 Å². The Morgan fingerprint density at radius 1 is 1.40 bits per heavy atom. The minimum Gasteiger partial charge on any atom is -0.326 e. The third-order valence-corrected chi connectivity index (χ3v) is 4.51. The predicted molar refractivity (Wildman–Crippen MR) is 79.6 cm³/mol. The molecule has 2 aromatic rings. The zero-order valence-corrected chi connectivity index (χ0v) is 13.3. The molecule has 106 valence electrons. The highest BCUT2D eigenvalue weighted by molar-refractivity contribution is 9.10. The molecule has 0 unspecified atom stereocenters. The van der Waals surface area contributed by atoms with Crippen LogP contribution < -0.4 is 10.3 Å². The van der Waals surface area contributed by atoms with Crippen molar-refractivity contribution in [2.75, 3.05) is 4.72 Å². The Hall–Kier alpha value is -1.38. The Morgan fingerprint density at radius 2 is 2.10 bits per heavy atom. The van der Waals surface area contributed by atoms with Crippen molar-refractivity contribution in [1.29, 1.82) is 0 Å². The van der Waals surface area contributed by atoms with Crippen LogP contribution in [0.2, 0.25) is 5.02 Å². The largest absolute Gasteiger partial charge is 0.326 e. The van der Waals surface area contributed by atoms with Crippen LogP contribution in [0.25, 0.3) is 0 Å². The average molecular weight is 379 g/mol. The number of halogens is 2. The third-order valence-electron chi connectivity index (χ3n) is 2.44. The van der Waals surface area contributed by atoms with E-state index in [0.717, 1.165) is 12.3 Å². The fraction of sp³-hybridized carbons (Fsp3) is 0.0909. The van der Waals surface area contributed by atoms with E-state index < -0.39 is 15.6 Å². The van der Waals surface area contributed by atoms with Crippen LogP contribution in [-0.2, 0) is 10.0 Å². The Morgan fingerprint density at radius 3 is 2.70 bits per heavy atom. The molecule has 0 aromatic carbocycles. The minimum absolute atomic E-state index is 0.135. The van der Waals surface area contributed by atoms with Gasteiger partial charge in [-0.05, 0) is 41.1 Å². The van der Waals surface area contributed by atoms with Gasteiger partial charge in [-0.2, -0.15) is 0 Å². The topological polar surface area (TPSA) is 91.9 Å². The molecule has 0 aliphatic rings. The van der Waals surface area contributed by atoms with Gasteiger partial charge in [0.05, 0.1) is 11.4 Å². The van der Waals surface area contributed by atoms with Crippen molar-refractivity contribution < 1.29 is 8.42 Å². The van der Waals surface area contributed by atoms with Crippen molar-refractivity contribution in [2.45, 2.75) is 11.8 Å². The summed E-state index contributed by atoms with van der Waals surface area (Å²) in [5, 5.41) is -0.196. The van der Waals surface area contributed by atoms with Crippen LogP contribution in [-0.4, -0.2) is 18.4 Å². The Kier molecular flexibility index (Phi) is 4.17. The highest BCUT2D eigenvalue weighted by Gasteiger charge is 2.17. The summed E-state index contributed by atoms with van der Waals surface area (Å²) in [5.74, 6) is 0. The van der Waals surface area contributed by atoms with Crippen LogP contribution in [0.3, 0.4) is 0 Å². The highest BCUT2D eigenvalue weighted by atomic mass is 79.9. The van der Waals surface area contributed by atoms with E-state index in [0.29, 0.717) is 16.0 Å². The van der Waals surface area contributed by atoms with Crippen molar-refractivity contribution in [3.8, 4) is 0 Å². The number of sulfonamides is 1. The number of nitrogens with zero attached hydrogens (tertiary/aromatic N) is 1. The van der Waals surface area contributed by atoms with E-state index in [1.165, 1.54) is 0 Å². The van der Waals surface area contributed by atoms with Crippen LogP contribution in [0.4, 0.5) is 5.69 Å². The van der Waals surface area contributed by atoms with E-state index in [1.54, 1.807) is 19.1 Å². The lowest BCUT2D eigenvalue weighted by molar-refractivity contribution is 0.600. The van der Waals surface area contributed by atoms with Crippen LogP contribution in [0.1, 0.15) is 5.69 Å². The molecule has 2 rings (SSSR count). The van der Waals surface area contributed by atoms with E-state index in [1.807, 2.05) is 0 Å². The van der Waals surface area contributed by atoms with Gasteiger partial charge in [-0.25, -0.2) is 13.4 Å². The first-order valence-corrected chi connectivity index (χ1v) is 7.99. The first kappa shape index (κ1) is 15.0.